The van der Waals surface area contributed by atoms with E-state index in [0.29, 0.717) is 18.9 Å². The predicted molar refractivity (Wildman–Crippen MR) is 100.0 cm³/mol. The van der Waals surface area contributed by atoms with Crippen LogP contribution in [0.1, 0.15) is 78.2 Å². The average Bonchev–Trinajstić information content (AvgIpc) is 2.44. The fourth-order valence-corrected chi connectivity index (χ4v) is 2.76. The summed E-state index contributed by atoms with van der Waals surface area (Å²) in [7, 11) is 0. The topological polar surface area (TPSA) is 35.5 Å². The summed E-state index contributed by atoms with van der Waals surface area (Å²) in [6.45, 7) is 10.6. The second kappa shape index (κ2) is 9.93. The normalized spacial score (nSPS) is 11.6. The number of carbonyl (C=O) groups is 1. The number of benzene rings is 1. The average molecular weight is 355 g/mol. The molecule has 0 unspecified atom stereocenters. The standard InChI is InChI=1S/C20H31ClO3/c1-15(2)17-12-11-16(14-18(17)21)23-13-9-7-6-8-10-19(22)24-20(3,4)5/h11-12,14-15H,6-10,13H2,1-5H3. The summed E-state index contributed by atoms with van der Waals surface area (Å²) in [5, 5.41) is 0.764. The molecule has 4 heteroatoms. The van der Waals surface area contributed by atoms with Crippen LogP contribution in [-0.4, -0.2) is 18.2 Å². The fourth-order valence-electron chi connectivity index (χ4n) is 2.37. The van der Waals surface area contributed by atoms with Crippen molar-refractivity contribution in [3.63, 3.8) is 0 Å². The lowest BCUT2D eigenvalue weighted by Gasteiger charge is -2.19. The number of carbonyl (C=O) groups excluding carboxylic acids is 1. The molecule has 0 radical (unpaired) electrons. The lowest BCUT2D eigenvalue weighted by Crippen LogP contribution is -2.23. The maximum absolute atomic E-state index is 11.6. The molecule has 136 valence electrons. The first-order valence-electron chi connectivity index (χ1n) is 8.83. The first kappa shape index (κ1) is 20.8. The van der Waals surface area contributed by atoms with E-state index in [4.69, 9.17) is 21.1 Å². The molecule has 0 amide bonds. The van der Waals surface area contributed by atoms with Gasteiger partial charge in [-0.3, -0.25) is 4.79 Å². The Hall–Kier alpha value is -1.22. The summed E-state index contributed by atoms with van der Waals surface area (Å²) >= 11 is 6.26. The van der Waals surface area contributed by atoms with E-state index in [0.717, 1.165) is 42.0 Å². The molecule has 0 heterocycles. The summed E-state index contributed by atoms with van der Waals surface area (Å²) < 4.78 is 11.0. The monoisotopic (exact) mass is 354 g/mol. The van der Waals surface area contributed by atoms with Gasteiger partial charge in [-0.25, -0.2) is 0 Å². The molecule has 1 aromatic rings. The number of ether oxygens (including phenoxy) is 2. The highest BCUT2D eigenvalue weighted by molar-refractivity contribution is 6.31. The Morgan fingerprint density at radius 2 is 1.79 bits per heavy atom. The van der Waals surface area contributed by atoms with E-state index in [1.165, 1.54) is 0 Å². The Labute approximate surface area is 151 Å². The lowest BCUT2D eigenvalue weighted by atomic mass is 10.0. The van der Waals surface area contributed by atoms with E-state index >= 15 is 0 Å². The number of unbranched alkanes of at least 4 members (excludes halogenated alkanes) is 3. The van der Waals surface area contributed by atoms with Gasteiger partial charge in [-0.05, 0) is 57.2 Å². The minimum absolute atomic E-state index is 0.112. The minimum atomic E-state index is -0.392. The molecule has 0 N–H and O–H groups in total. The van der Waals surface area contributed by atoms with Crippen LogP contribution in [0.15, 0.2) is 18.2 Å². The van der Waals surface area contributed by atoms with Crippen LogP contribution < -0.4 is 4.74 Å². The number of halogens is 1. The largest absolute Gasteiger partial charge is 0.494 e. The Balaban J connectivity index is 2.14. The van der Waals surface area contributed by atoms with E-state index in [1.807, 2.05) is 39.0 Å². The van der Waals surface area contributed by atoms with Crippen LogP contribution in [0, 0.1) is 0 Å². The number of esters is 1. The molecule has 0 fully saturated rings. The molecule has 1 rings (SSSR count). The van der Waals surface area contributed by atoms with Crippen LogP contribution >= 0.6 is 11.6 Å². The second-order valence-corrected chi connectivity index (χ2v) is 7.84. The van der Waals surface area contributed by atoms with Gasteiger partial charge in [0.05, 0.1) is 6.61 Å². The van der Waals surface area contributed by atoms with Crippen molar-refractivity contribution in [2.24, 2.45) is 0 Å². The van der Waals surface area contributed by atoms with Crippen LogP contribution in [0.3, 0.4) is 0 Å². The third-order valence-corrected chi connectivity index (χ3v) is 3.89. The second-order valence-electron chi connectivity index (χ2n) is 7.44. The van der Waals surface area contributed by atoms with Gasteiger partial charge in [0.25, 0.3) is 0 Å². The molecular formula is C20H31ClO3. The van der Waals surface area contributed by atoms with Crippen molar-refractivity contribution in [2.45, 2.75) is 78.2 Å². The number of rotatable bonds is 9. The third-order valence-electron chi connectivity index (χ3n) is 3.56. The third kappa shape index (κ3) is 8.58. The molecule has 3 nitrogen and oxygen atoms in total. The van der Waals surface area contributed by atoms with Gasteiger partial charge in [0, 0.05) is 11.4 Å². The van der Waals surface area contributed by atoms with Gasteiger partial charge in [0.1, 0.15) is 11.4 Å². The van der Waals surface area contributed by atoms with Crippen molar-refractivity contribution in [3.05, 3.63) is 28.8 Å². The van der Waals surface area contributed by atoms with E-state index in [9.17, 15) is 4.79 Å². The summed E-state index contributed by atoms with van der Waals surface area (Å²) in [5.41, 5.74) is 0.753. The van der Waals surface area contributed by atoms with Crippen molar-refractivity contribution < 1.29 is 14.3 Å². The van der Waals surface area contributed by atoms with Gasteiger partial charge in [-0.1, -0.05) is 44.4 Å². The van der Waals surface area contributed by atoms with Crippen molar-refractivity contribution in [2.75, 3.05) is 6.61 Å². The molecule has 1 aromatic carbocycles. The van der Waals surface area contributed by atoms with Crippen molar-refractivity contribution in [1.29, 1.82) is 0 Å². The Morgan fingerprint density at radius 1 is 1.12 bits per heavy atom. The Kier molecular flexibility index (Phi) is 8.61. The van der Waals surface area contributed by atoms with Crippen molar-refractivity contribution in [1.82, 2.24) is 0 Å². The maximum Gasteiger partial charge on any atom is 0.306 e. The van der Waals surface area contributed by atoms with E-state index in [-0.39, 0.29) is 5.97 Å². The molecule has 0 aliphatic rings. The van der Waals surface area contributed by atoms with Gasteiger partial charge in [-0.2, -0.15) is 0 Å². The van der Waals surface area contributed by atoms with Crippen molar-refractivity contribution >= 4 is 17.6 Å². The molecule has 0 atom stereocenters. The molecule has 0 spiro atoms. The molecule has 0 aliphatic carbocycles. The first-order chi connectivity index (χ1) is 11.2. The zero-order valence-corrected chi connectivity index (χ0v) is 16.4. The van der Waals surface area contributed by atoms with Gasteiger partial charge in [-0.15, -0.1) is 0 Å². The maximum atomic E-state index is 11.6. The zero-order chi connectivity index (χ0) is 18.2. The van der Waals surface area contributed by atoms with Gasteiger partial charge in [0.2, 0.25) is 0 Å². The van der Waals surface area contributed by atoms with Crippen LogP contribution in [0.2, 0.25) is 5.02 Å². The predicted octanol–water partition coefficient (Wildman–Crippen LogP) is 6.13. The van der Waals surface area contributed by atoms with Crippen LogP contribution in [-0.2, 0) is 9.53 Å². The highest BCUT2D eigenvalue weighted by atomic mass is 35.5. The summed E-state index contributed by atoms with van der Waals surface area (Å²) in [5.74, 6) is 1.12. The zero-order valence-electron chi connectivity index (χ0n) is 15.7. The summed E-state index contributed by atoms with van der Waals surface area (Å²) in [6.07, 6.45) is 4.38. The first-order valence-corrected chi connectivity index (χ1v) is 9.21. The highest BCUT2D eigenvalue weighted by Crippen LogP contribution is 2.28. The van der Waals surface area contributed by atoms with E-state index in [2.05, 4.69) is 13.8 Å². The van der Waals surface area contributed by atoms with Crippen LogP contribution in [0.25, 0.3) is 0 Å². The van der Waals surface area contributed by atoms with Gasteiger partial charge in [0.15, 0.2) is 0 Å². The number of hydrogen-bond acceptors (Lipinski definition) is 3. The van der Waals surface area contributed by atoms with Gasteiger partial charge < -0.3 is 9.47 Å². The Bertz CT molecular complexity index is 518. The molecule has 0 saturated carbocycles. The Morgan fingerprint density at radius 3 is 2.38 bits per heavy atom. The summed E-state index contributed by atoms with van der Waals surface area (Å²) in [6, 6.07) is 5.90. The summed E-state index contributed by atoms with van der Waals surface area (Å²) in [4.78, 5) is 11.6. The SMILES string of the molecule is CC(C)c1ccc(OCCCCCCC(=O)OC(C)(C)C)cc1Cl. The van der Waals surface area contributed by atoms with E-state index < -0.39 is 5.60 Å². The smallest absolute Gasteiger partial charge is 0.306 e. The fraction of sp³-hybridized carbons (Fsp3) is 0.650. The van der Waals surface area contributed by atoms with Crippen LogP contribution in [0.4, 0.5) is 0 Å². The van der Waals surface area contributed by atoms with Crippen molar-refractivity contribution in [3.8, 4) is 5.75 Å². The molecule has 24 heavy (non-hydrogen) atoms. The van der Waals surface area contributed by atoms with Gasteiger partial charge >= 0.3 is 5.97 Å². The molecular weight excluding hydrogens is 324 g/mol. The quantitative estimate of drug-likeness (QED) is 0.395. The number of hydrogen-bond donors (Lipinski definition) is 0. The minimum Gasteiger partial charge on any atom is -0.494 e. The molecule has 0 saturated heterocycles. The lowest BCUT2D eigenvalue weighted by molar-refractivity contribution is -0.154. The molecule has 0 bridgehead atoms. The molecule has 0 aliphatic heterocycles. The highest BCUT2D eigenvalue weighted by Gasteiger charge is 2.15. The van der Waals surface area contributed by atoms with E-state index in [1.54, 1.807) is 0 Å². The van der Waals surface area contributed by atoms with Crippen LogP contribution in [0.5, 0.6) is 5.75 Å². The molecule has 0 aromatic heterocycles.